The van der Waals surface area contributed by atoms with Crippen molar-refractivity contribution in [3.63, 3.8) is 0 Å². The highest BCUT2D eigenvalue weighted by atomic mass is 16.5. The smallest absolute Gasteiger partial charge is 0.261 e. The van der Waals surface area contributed by atoms with Crippen molar-refractivity contribution in [1.82, 2.24) is 5.32 Å². The van der Waals surface area contributed by atoms with Gasteiger partial charge in [-0.1, -0.05) is 38.5 Å². The Kier molecular flexibility index (Phi) is 6.15. The Balaban J connectivity index is 2.45. The molecule has 0 aliphatic rings. The van der Waals surface area contributed by atoms with Gasteiger partial charge in [0.2, 0.25) is 0 Å². The second-order valence-electron chi connectivity index (χ2n) is 3.97. The minimum absolute atomic E-state index is 0.0233. The monoisotopic (exact) mass is 235 g/mol. The average Bonchev–Trinajstić information content (AvgIpc) is 2.37. The molecule has 1 rings (SSSR count). The van der Waals surface area contributed by atoms with E-state index in [0.29, 0.717) is 6.42 Å². The topological polar surface area (TPSA) is 38.3 Å². The first-order chi connectivity index (χ1) is 8.27. The van der Waals surface area contributed by atoms with E-state index in [4.69, 9.17) is 4.74 Å². The van der Waals surface area contributed by atoms with Crippen molar-refractivity contribution in [2.24, 2.45) is 0 Å². The first kappa shape index (κ1) is 13.6. The number of nitrogens with one attached hydrogen (secondary N) is 1. The Morgan fingerprint density at radius 2 is 2.00 bits per heavy atom. The highest BCUT2D eigenvalue weighted by molar-refractivity contribution is 5.81. The van der Waals surface area contributed by atoms with Crippen LogP contribution < -0.4 is 10.1 Å². The second kappa shape index (κ2) is 7.71. The first-order valence-corrected chi connectivity index (χ1v) is 6.27. The van der Waals surface area contributed by atoms with Gasteiger partial charge >= 0.3 is 0 Å². The molecule has 94 valence electrons. The maximum Gasteiger partial charge on any atom is 0.261 e. The van der Waals surface area contributed by atoms with E-state index in [1.165, 1.54) is 0 Å². The van der Waals surface area contributed by atoms with Crippen molar-refractivity contribution >= 4 is 5.91 Å². The lowest BCUT2D eigenvalue weighted by atomic mass is 10.2. The molecule has 1 aromatic carbocycles. The van der Waals surface area contributed by atoms with Gasteiger partial charge in [-0.05, 0) is 25.0 Å². The Labute approximate surface area is 103 Å². The van der Waals surface area contributed by atoms with E-state index >= 15 is 0 Å². The molecule has 0 heterocycles. The number of carbonyl (C=O) groups excluding carboxylic acids is 1. The molecule has 1 aromatic rings. The van der Waals surface area contributed by atoms with Crippen LogP contribution in [-0.2, 0) is 4.79 Å². The fraction of sp³-hybridized carbons (Fsp3) is 0.500. The lowest BCUT2D eigenvalue weighted by Gasteiger charge is -2.17. The molecule has 1 N–H and O–H groups in total. The van der Waals surface area contributed by atoms with Crippen LogP contribution in [0.1, 0.15) is 33.1 Å². The van der Waals surface area contributed by atoms with E-state index in [1.807, 2.05) is 37.3 Å². The normalized spacial score (nSPS) is 11.9. The molecule has 3 heteroatoms. The third kappa shape index (κ3) is 4.89. The molecular weight excluding hydrogens is 214 g/mol. The van der Waals surface area contributed by atoms with Gasteiger partial charge < -0.3 is 10.1 Å². The Morgan fingerprint density at radius 1 is 1.29 bits per heavy atom. The number of para-hydroxylation sites is 1. The number of carbonyl (C=O) groups is 1. The molecule has 17 heavy (non-hydrogen) atoms. The van der Waals surface area contributed by atoms with Gasteiger partial charge in [-0.3, -0.25) is 4.79 Å². The lowest BCUT2D eigenvalue weighted by molar-refractivity contribution is -0.128. The van der Waals surface area contributed by atoms with Crippen molar-refractivity contribution in [3.05, 3.63) is 30.3 Å². The van der Waals surface area contributed by atoms with Gasteiger partial charge in [0.25, 0.3) is 5.91 Å². The molecule has 0 saturated carbocycles. The standard InChI is InChI=1S/C14H21NO2/c1-3-5-11-15-14(16)13(4-2)17-12-9-7-6-8-10-12/h6-10,13H,3-5,11H2,1-2H3,(H,15,16). The molecule has 0 radical (unpaired) electrons. The Bertz CT molecular complexity index is 324. The zero-order valence-electron chi connectivity index (χ0n) is 10.6. The van der Waals surface area contributed by atoms with Crippen LogP contribution >= 0.6 is 0 Å². The zero-order valence-corrected chi connectivity index (χ0v) is 10.6. The van der Waals surface area contributed by atoms with Crippen LogP contribution in [0.2, 0.25) is 0 Å². The Morgan fingerprint density at radius 3 is 2.59 bits per heavy atom. The summed E-state index contributed by atoms with van der Waals surface area (Å²) in [6.07, 6.45) is 2.37. The van der Waals surface area contributed by atoms with Crippen LogP contribution in [0, 0.1) is 0 Å². The van der Waals surface area contributed by atoms with Crippen molar-refractivity contribution in [3.8, 4) is 5.75 Å². The quantitative estimate of drug-likeness (QED) is 0.738. The SMILES string of the molecule is CCCCNC(=O)C(CC)Oc1ccccc1. The maximum absolute atomic E-state index is 11.8. The summed E-state index contributed by atoms with van der Waals surface area (Å²) in [5, 5.41) is 2.89. The van der Waals surface area contributed by atoms with Crippen molar-refractivity contribution in [2.45, 2.75) is 39.2 Å². The van der Waals surface area contributed by atoms with Crippen molar-refractivity contribution in [1.29, 1.82) is 0 Å². The van der Waals surface area contributed by atoms with E-state index < -0.39 is 6.10 Å². The fourth-order valence-electron chi connectivity index (χ4n) is 1.49. The summed E-state index contributed by atoms with van der Waals surface area (Å²) in [7, 11) is 0. The molecule has 0 fully saturated rings. The predicted octanol–water partition coefficient (Wildman–Crippen LogP) is 2.76. The summed E-state index contributed by atoms with van der Waals surface area (Å²) in [5.74, 6) is 0.717. The molecule has 0 spiro atoms. The summed E-state index contributed by atoms with van der Waals surface area (Å²) in [4.78, 5) is 11.8. The number of benzene rings is 1. The average molecular weight is 235 g/mol. The van der Waals surface area contributed by atoms with Gasteiger partial charge in [-0.2, -0.15) is 0 Å². The molecule has 1 amide bonds. The van der Waals surface area contributed by atoms with Gasteiger partial charge in [0.15, 0.2) is 6.10 Å². The lowest BCUT2D eigenvalue weighted by Crippen LogP contribution is -2.38. The number of amides is 1. The summed E-state index contributed by atoms with van der Waals surface area (Å²) in [6.45, 7) is 4.78. The third-order valence-electron chi connectivity index (χ3n) is 2.51. The van der Waals surface area contributed by atoms with Gasteiger partial charge in [-0.25, -0.2) is 0 Å². The van der Waals surface area contributed by atoms with E-state index in [9.17, 15) is 4.79 Å². The van der Waals surface area contributed by atoms with Crippen LogP contribution in [0.3, 0.4) is 0 Å². The number of unbranched alkanes of at least 4 members (excludes halogenated alkanes) is 1. The van der Waals surface area contributed by atoms with Gasteiger partial charge in [0.1, 0.15) is 5.75 Å². The summed E-state index contributed by atoms with van der Waals surface area (Å²) in [6, 6.07) is 9.45. The van der Waals surface area contributed by atoms with Crippen molar-refractivity contribution in [2.75, 3.05) is 6.54 Å². The third-order valence-corrected chi connectivity index (χ3v) is 2.51. The van der Waals surface area contributed by atoms with Gasteiger partial charge in [0, 0.05) is 6.54 Å². The molecule has 0 aliphatic heterocycles. The van der Waals surface area contributed by atoms with Gasteiger partial charge in [0.05, 0.1) is 0 Å². The second-order valence-corrected chi connectivity index (χ2v) is 3.97. The molecular formula is C14H21NO2. The van der Waals surface area contributed by atoms with E-state index in [2.05, 4.69) is 12.2 Å². The largest absolute Gasteiger partial charge is 0.481 e. The van der Waals surface area contributed by atoms with E-state index in [1.54, 1.807) is 0 Å². The number of ether oxygens (including phenoxy) is 1. The highest BCUT2D eigenvalue weighted by Crippen LogP contribution is 2.12. The molecule has 0 aromatic heterocycles. The fourth-order valence-corrected chi connectivity index (χ4v) is 1.49. The summed E-state index contributed by atoms with van der Waals surface area (Å²) in [5.41, 5.74) is 0. The first-order valence-electron chi connectivity index (χ1n) is 6.27. The minimum atomic E-state index is -0.394. The van der Waals surface area contributed by atoms with Crippen LogP contribution in [0.25, 0.3) is 0 Å². The molecule has 1 unspecified atom stereocenters. The van der Waals surface area contributed by atoms with Crippen LogP contribution in [0.5, 0.6) is 5.75 Å². The summed E-state index contributed by atoms with van der Waals surface area (Å²) >= 11 is 0. The molecule has 0 bridgehead atoms. The molecule has 0 saturated heterocycles. The van der Waals surface area contributed by atoms with E-state index in [0.717, 1.165) is 25.1 Å². The van der Waals surface area contributed by atoms with Gasteiger partial charge in [-0.15, -0.1) is 0 Å². The number of hydrogen-bond acceptors (Lipinski definition) is 2. The molecule has 1 atom stereocenters. The van der Waals surface area contributed by atoms with Crippen LogP contribution in [0.4, 0.5) is 0 Å². The molecule has 0 aliphatic carbocycles. The number of hydrogen-bond donors (Lipinski definition) is 1. The molecule has 3 nitrogen and oxygen atoms in total. The maximum atomic E-state index is 11.8. The minimum Gasteiger partial charge on any atom is -0.481 e. The van der Waals surface area contributed by atoms with Crippen LogP contribution in [0.15, 0.2) is 30.3 Å². The van der Waals surface area contributed by atoms with Crippen molar-refractivity contribution < 1.29 is 9.53 Å². The number of rotatable bonds is 7. The van der Waals surface area contributed by atoms with Crippen LogP contribution in [-0.4, -0.2) is 18.6 Å². The highest BCUT2D eigenvalue weighted by Gasteiger charge is 2.17. The zero-order chi connectivity index (χ0) is 12.5. The Hall–Kier alpha value is -1.51. The summed E-state index contributed by atoms with van der Waals surface area (Å²) < 4.78 is 5.64. The predicted molar refractivity (Wildman–Crippen MR) is 69.1 cm³/mol. The van der Waals surface area contributed by atoms with E-state index in [-0.39, 0.29) is 5.91 Å².